The molecule has 2 aliphatic rings. The van der Waals surface area contributed by atoms with Crippen LogP contribution < -0.4 is 4.74 Å². The normalized spacial score (nSPS) is 19.4. The van der Waals surface area contributed by atoms with Gasteiger partial charge in [0.05, 0.1) is 19.3 Å². The van der Waals surface area contributed by atoms with Crippen LogP contribution in [-0.2, 0) is 14.2 Å². The van der Waals surface area contributed by atoms with E-state index in [1.807, 2.05) is 51.1 Å². The number of hydrogen-bond donors (Lipinski definition) is 0. The van der Waals surface area contributed by atoms with Crippen molar-refractivity contribution in [3.8, 4) is 16.9 Å². The first-order valence-electron chi connectivity index (χ1n) is 10.4. The predicted molar refractivity (Wildman–Crippen MR) is 113 cm³/mol. The van der Waals surface area contributed by atoms with Gasteiger partial charge in [0.2, 0.25) is 0 Å². The Morgan fingerprint density at radius 3 is 2.43 bits per heavy atom. The number of hydrogen-bond acceptors (Lipinski definition) is 5. The summed E-state index contributed by atoms with van der Waals surface area (Å²) < 4.78 is 22.7. The molecule has 0 spiro atoms. The van der Waals surface area contributed by atoms with Gasteiger partial charge in [-0.05, 0) is 56.5 Å². The van der Waals surface area contributed by atoms with Crippen LogP contribution in [0.3, 0.4) is 0 Å². The number of benzene rings is 2. The predicted octanol–water partition coefficient (Wildman–Crippen LogP) is 4.79. The number of nitrogens with zero attached hydrogens (tertiary/aromatic N) is 1. The molecule has 2 aliphatic heterocycles. The molecule has 2 aromatic rings. The van der Waals surface area contributed by atoms with Crippen LogP contribution in [0.1, 0.15) is 39.0 Å². The Hall–Kier alpha value is -2.57. The molecule has 2 fully saturated rings. The molecule has 4 rings (SSSR count). The molecule has 6 nitrogen and oxygen atoms in total. The van der Waals surface area contributed by atoms with E-state index in [2.05, 4.69) is 18.2 Å². The van der Waals surface area contributed by atoms with Gasteiger partial charge < -0.3 is 23.8 Å². The molecule has 0 N–H and O–H groups in total. The SMILES string of the molecule is CC(C)(C)OC(=O)N1CC[C@H]1COc1cccc(-c2cccc(C3OCCO3)c2)c1. The molecule has 1 amide bonds. The highest BCUT2D eigenvalue weighted by atomic mass is 16.7. The fourth-order valence-corrected chi connectivity index (χ4v) is 3.55. The molecular formula is C24H29NO5. The van der Waals surface area contributed by atoms with Crippen LogP contribution in [0.25, 0.3) is 11.1 Å². The van der Waals surface area contributed by atoms with Gasteiger partial charge in [-0.3, -0.25) is 0 Å². The molecule has 6 heteroatoms. The summed E-state index contributed by atoms with van der Waals surface area (Å²) in [6, 6.07) is 16.2. The molecule has 0 saturated carbocycles. The molecule has 2 heterocycles. The molecule has 0 bridgehead atoms. The lowest BCUT2D eigenvalue weighted by molar-refractivity contribution is -0.0440. The van der Waals surface area contributed by atoms with Crippen molar-refractivity contribution in [2.45, 2.75) is 45.1 Å². The van der Waals surface area contributed by atoms with Gasteiger partial charge in [0, 0.05) is 12.1 Å². The summed E-state index contributed by atoms with van der Waals surface area (Å²) in [6.45, 7) is 8.04. The lowest BCUT2D eigenvalue weighted by Gasteiger charge is -2.41. The summed E-state index contributed by atoms with van der Waals surface area (Å²) in [5.74, 6) is 0.780. The minimum absolute atomic E-state index is 0.0449. The fraction of sp³-hybridized carbons (Fsp3) is 0.458. The highest BCUT2D eigenvalue weighted by Gasteiger charge is 2.35. The lowest BCUT2D eigenvalue weighted by Crippen LogP contribution is -2.55. The minimum atomic E-state index is -0.491. The molecule has 0 aromatic heterocycles. The van der Waals surface area contributed by atoms with Gasteiger partial charge in [0.25, 0.3) is 0 Å². The first-order chi connectivity index (χ1) is 14.4. The van der Waals surface area contributed by atoms with Crippen LogP contribution in [-0.4, -0.2) is 49.0 Å². The van der Waals surface area contributed by atoms with E-state index in [0.717, 1.165) is 28.9 Å². The third-order valence-electron chi connectivity index (χ3n) is 5.16. The maximum absolute atomic E-state index is 12.3. The monoisotopic (exact) mass is 411 g/mol. The standard InChI is InChI=1S/C24H29NO5/c1-24(2,3)30-23(26)25-11-10-20(25)16-29-21-9-5-7-18(15-21)17-6-4-8-19(14-17)22-27-12-13-28-22/h4-9,14-15,20,22H,10-13,16H2,1-3H3/t20-/m0/s1. The topological polar surface area (TPSA) is 57.2 Å². The van der Waals surface area contributed by atoms with Crippen molar-refractivity contribution in [1.82, 2.24) is 4.90 Å². The Kier molecular flexibility index (Phi) is 5.97. The highest BCUT2D eigenvalue weighted by Crippen LogP contribution is 2.30. The van der Waals surface area contributed by atoms with Gasteiger partial charge in [-0.1, -0.05) is 30.3 Å². The van der Waals surface area contributed by atoms with E-state index in [1.54, 1.807) is 4.90 Å². The molecule has 2 saturated heterocycles. The molecule has 2 aromatic carbocycles. The summed E-state index contributed by atoms with van der Waals surface area (Å²) in [6.07, 6.45) is 0.355. The van der Waals surface area contributed by atoms with Gasteiger partial charge in [-0.15, -0.1) is 0 Å². The van der Waals surface area contributed by atoms with Gasteiger partial charge in [0.15, 0.2) is 6.29 Å². The molecular weight excluding hydrogens is 382 g/mol. The Labute approximate surface area is 177 Å². The van der Waals surface area contributed by atoms with Crippen LogP contribution in [0.2, 0.25) is 0 Å². The van der Waals surface area contributed by atoms with E-state index in [1.165, 1.54) is 0 Å². The first-order valence-corrected chi connectivity index (χ1v) is 10.4. The Bertz CT molecular complexity index is 885. The summed E-state index contributed by atoms with van der Waals surface area (Å²) in [5.41, 5.74) is 2.66. The molecule has 0 unspecified atom stereocenters. The highest BCUT2D eigenvalue weighted by molar-refractivity contribution is 5.69. The summed E-state index contributed by atoms with van der Waals surface area (Å²) in [5, 5.41) is 0. The first kappa shape index (κ1) is 20.7. The number of likely N-dealkylation sites (tertiary alicyclic amines) is 1. The van der Waals surface area contributed by atoms with E-state index in [-0.39, 0.29) is 18.4 Å². The molecule has 0 radical (unpaired) electrons. The van der Waals surface area contributed by atoms with Gasteiger partial charge in [0.1, 0.15) is 18.0 Å². The van der Waals surface area contributed by atoms with E-state index in [4.69, 9.17) is 18.9 Å². The van der Waals surface area contributed by atoms with Crippen LogP contribution >= 0.6 is 0 Å². The zero-order valence-corrected chi connectivity index (χ0v) is 17.8. The van der Waals surface area contributed by atoms with Crippen molar-refractivity contribution in [1.29, 1.82) is 0 Å². The maximum Gasteiger partial charge on any atom is 0.410 e. The Morgan fingerprint density at radius 1 is 1.07 bits per heavy atom. The van der Waals surface area contributed by atoms with Crippen LogP contribution in [0.5, 0.6) is 5.75 Å². The second-order valence-corrected chi connectivity index (χ2v) is 8.65. The third-order valence-corrected chi connectivity index (χ3v) is 5.16. The second-order valence-electron chi connectivity index (χ2n) is 8.65. The van der Waals surface area contributed by atoms with E-state index < -0.39 is 5.60 Å². The van der Waals surface area contributed by atoms with Crippen molar-refractivity contribution in [3.63, 3.8) is 0 Å². The van der Waals surface area contributed by atoms with Gasteiger partial charge in [-0.2, -0.15) is 0 Å². The van der Waals surface area contributed by atoms with Gasteiger partial charge in [-0.25, -0.2) is 4.79 Å². The number of ether oxygens (including phenoxy) is 4. The Morgan fingerprint density at radius 2 is 1.77 bits per heavy atom. The average Bonchev–Trinajstić information content (AvgIpc) is 3.21. The Balaban J connectivity index is 1.38. The van der Waals surface area contributed by atoms with Crippen molar-refractivity contribution < 1.29 is 23.7 Å². The number of rotatable bonds is 5. The third kappa shape index (κ3) is 4.94. The summed E-state index contributed by atoms with van der Waals surface area (Å²) in [7, 11) is 0. The second kappa shape index (κ2) is 8.66. The van der Waals surface area contributed by atoms with E-state index in [9.17, 15) is 4.79 Å². The van der Waals surface area contributed by atoms with Crippen molar-refractivity contribution in [3.05, 3.63) is 54.1 Å². The van der Waals surface area contributed by atoms with E-state index in [0.29, 0.717) is 26.4 Å². The van der Waals surface area contributed by atoms with Gasteiger partial charge >= 0.3 is 6.09 Å². The van der Waals surface area contributed by atoms with Crippen LogP contribution in [0.4, 0.5) is 4.79 Å². The smallest absolute Gasteiger partial charge is 0.410 e. The quantitative estimate of drug-likeness (QED) is 0.708. The average molecular weight is 411 g/mol. The van der Waals surface area contributed by atoms with Crippen molar-refractivity contribution in [2.75, 3.05) is 26.4 Å². The largest absolute Gasteiger partial charge is 0.491 e. The van der Waals surface area contributed by atoms with Crippen LogP contribution in [0, 0.1) is 0 Å². The number of amides is 1. The number of carbonyl (C=O) groups excluding carboxylic acids is 1. The molecule has 1 atom stereocenters. The summed E-state index contributed by atoms with van der Waals surface area (Å²) >= 11 is 0. The zero-order chi connectivity index (χ0) is 21.1. The number of carbonyl (C=O) groups is 1. The lowest BCUT2D eigenvalue weighted by atomic mass is 10.0. The summed E-state index contributed by atoms with van der Waals surface area (Å²) in [4.78, 5) is 14.0. The fourth-order valence-electron chi connectivity index (χ4n) is 3.55. The maximum atomic E-state index is 12.3. The minimum Gasteiger partial charge on any atom is -0.491 e. The molecule has 160 valence electrons. The van der Waals surface area contributed by atoms with Crippen molar-refractivity contribution >= 4 is 6.09 Å². The van der Waals surface area contributed by atoms with Crippen molar-refractivity contribution in [2.24, 2.45) is 0 Å². The molecule has 0 aliphatic carbocycles. The van der Waals surface area contributed by atoms with E-state index >= 15 is 0 Å². The molecule has 30 heavy (non-hydrogen) atoms. The zero-order valence-electron chi connectivity index (χ0n) is 17.8. The van der Waals surface area contributed by atoms with Crippen LogP contribution in [0.15, 0.2) is 48.5 Å².